The van der Waals surface area contributed by atoms with Gasteiger partial charge in [0.25, 0.3) is 5.91 Å². The smallest absolute Gasteiger partial charge is 0.282 e. The Morgan fingerprint density at radius 1 is 1.25 bits per heavy atom. The maximum Gasteiger partial charge on any atom is 0.282 e. The number of rotatable bonds is 6. The molecule has 1 unspecified atom stereocenters. The Kier molecular flexibility index (Phi) is 6.88. The van der Waals surface area contributed by atoms with E-state index in [0.29, 0.717) is 17.1 Å². The maximum absolute atomic E-state index is 14.0. The van der Waals surface area contributed by atoms with Gasteiger partial charge in [-0.25, -0.2) is 4.39 Å². The summed E-state index contributed by atoms with van der Waals surface area (Å²) in [7, 11) is 1.86. The standard InChI is InChI=1S/C21H25ClFN3O2/c1-15(25(2)14-18-19(22)4-3-5-20(18)23)21(27)24-16-6-8-17(9-7-16)26-10-12-28-13-11-26/h3-9,15H,10-14H2,1-2H3,(H,24,27)/p+1/t15-/m1/s1. The van der Waals surface area contributed by atoms with Crippen LogP contribution in [-0.4, -0.2) is 45.3 Å². The monoisotopic (exact) mass is 406 g/mol. The Hall–Kier alpha value is -2.15. The minimum absolute atomic E-state index is 0.121. The number of hydrogen-bond donors (Lipinski definition) is 2. The number of nitrogens with zero attached hydrogens (tertiary/aromatic N) is 1. The molecule has 0 aliphatic carbocycles. The van der Waals surface area contributed by atoms with E-state index in [0.717, 1.165) is 42.6 Å². The van der Waals surface area contributed by atoms with E-state index in [9.17, 15) is 9.18 Å². The van der Waals surface area contributed by atoms with Gasteiger partial charge in [0.05, 0.1) is 30.8 Å². The van der Waals surface area contributed by atoms with Gasteiger partial charge < -0.3 is 19.9 Å². The number of hydrogen-bond acceptors (Lipinski definition) is 3. The average Bonchev–Trinajstić information content (AvgIpc) is 2.71. The molecule has 1 aliphatic rings. The van der Waals surface area contributed by atoms with E-state index in [1.165, 1.54) is 6.07 Å². The molecule has 0 saturated carbocycles. The van der Waals surface area contributed by atoms with Crippen molar-refractivity contribution >= 4 is 28.9 Å². The normalized spacial score (nSPS) is 16.5. The van der Waals surface area contributed by atoms with Crippen LogP contribution in [0.25, 0.3) is 0 Å². The van der Waals surface area contributed by atoms with Crippen LogP contribution < -0.4 is 15.1 Å². The molecule has 1 fully saturated rings. The fourth-order valence-corrected chi connectivity index (χ4v) is 3.41. The lowest BCUT2D eigenvalue weighted by Crippen LogP contribution is -3.12. The zero-order chi connectivity index (χ0) is 20.1. The first kappa shape index (κ1) is 20.6. The van der Waals surface area contributed by atoms with E-state index < -0.39 is 0 Å². The molecule has 0 aromatic heterocycles. The summed E-state index contributed by atoms with van der Waals surface area (Å²) in [5, 5.41) is 3.32. The van der Waals surface area contributed by atoms with Gasteiger partial charge in [-0.05, 0) is 43.3 Å². The number of carbonyl (C=O) groups is 1. The Bertz CT molecular complexity index is 790. The minimum atomic E-state index is -0.366. The minimum Gasteiger partial charge on any atom is -0.378 e. The van der Waals surface area contributed by atoms with Crippen molar-refractivity contribution in [2.45, 2.75) is 19.5 Å². The second kappa shape index (κ2) is 9.37. The molecule has 0 radical (unpaired) electrons. The summed E-state index contributed by atoms with van der Waals surface area (Å²) in [4.78, 5) is 15.7. The van der Waals surface area contributed by atoms with Crippen LogP contribution in [-0.2, 0) is 16.1 Å². The van der Waals surface area contributed by atoms with Gasteiger partial charge in [0.2, 0.25) is 0 Å². The first-order valence-corrected chi connectivity index (χ1v) is 9.82. The van der Waals surface area contributed by atoms with Crippen molar-refractivity contribution in [3.63, 3.8) is 0 Å². The largest absolute Gasteiger partial charge is 0.378 e. The van der Waals surface area contributed by atoms with Gasteiger partial charge in [0.1, 0.15) is 12.4 Å². The van der Waals surface area contributed by atoms with Crippen molar-refractivity contribution in [3.05, 3.63) is 58.9 Å². The highest BCUT2D eigenvalue weighted by atomic mass is 35.5. The molecule has 150 valence electrons. The summed E-state index contributed by atoms with van der Waals surface area (Å²) < 4.78 is 19.4. The van der Waals surface area contributed by atoms with Crippen molar-refractivity contribution in [2.24, 2.45) is 0 Å². The zero-order valence-corrected chi connectivity index (χ0v) is 16.9. The van der Waals surface area contributed by atoms with E-state index in [-0.39, 0.29) is 17.8 Å². The average molecular weight is 407 g/mol. The summed E-state index contributed by atoms with van der Waals surface area (Å²) in [5.41, 5.74) is 2.29. The van der Waals surface area contributed by atoms with Gasteiger partial charge in [0.15, 0.2) is 6.04 Å². The molecule has 2 N–H and O–H groups in total. The molecule has 0 bridgehead atoms. The van der Waals surface area contributed by atoms with Crippen LogP contribution in [0, 0.1) is 5.82 Å². The van der Waals surface area contributed by atoms with Gasteiger partial charge in [-0.15, -0.1) is 0 Å². The Morgan fingerprint density at radius 2 is 1.93 bits per heavy atom. The van der Waals surface area contributed by atoms with Crippen molar-refractivity contribution in [2.75, 3.05) is 43.6 Å². The predicted molar refractivity (Wildman–Crippen MR) is 110 cm³/mol. The number of halogens is 2. The van der Waals surface area contributed by atoms with E-state index in [2.05, 4.69) is 10.2 Å². The summed E-state index contributed by atoms with van der Waals surface area (Å²) in [6.07, 6.45) is 0. The molecule has 1 amide bonds. The SMILES string of the molecule is C[C@H](C(=O)Nc1ccc(N2CCOCC2)cc1)[NH+](C)Cc1c(F)cccc1Cl. The number of quaternary nitrogens is 1. The third-order valence-corrected chi connectivity index (χ3v) is 5.51. The molecule has 2 aromatic rings. The quantitative estimate of drug-likeness (QED) is 0.774. The molecule has 5 nitrogen and oxygen atoms in total. The molecular weight excluding hydrogens is 381 g/mol. The van der Waals surface area contributed by atoms with Crippen LogP contribution in [0.4, 0.5) is 15.8 Å². The van der Waals surface area contributed by atoms with Crippen molar-refractivity contribution < 1.29 is 18.8 Å². The highest BCUT2D eigenvalue weighted by molar-refractivity contribution is 6.31. The van der Waals surface area contributed by atoms with Gasteiger partial charge in [-0.1, -0.05) is 17.7 Å². The van der Waals surface area contributed by atoms with Crippen LogP contribution in [0.3, 0.4) is 0 Å². The number of nitrogens with one attached hydrogen (secondary N) is 2. The van der Waals surface area contributed by atoms with Crippen molar-refractivity contribution in [1.82, 2.24) is 0 Å². The molecule has 1 saturated heterocycles. The van der Waals surface area contributed by atoms with E-state index >= 15 is 0 Å². The molecular formula is C21H26ClFN3O2+. The van der Waals surface area contributed by atoms with Crippen LogP contribution in [0.2, 0.25) is 5.02 Å². The second-order valence-corrected chi connectivity index (χ2v) is 7.49. The van der Waals surface area contributed by atoms with Gasteiger partial charge in [-0.3, -0.25) is 4.79 Å². The van der Waals surface area contributed by atoms with Crippen LogP contribution in [0.5, 0.6) is 0 Å². The molecule has 0 spiro atoms. The van der Waals surface area contributed by atoms with Crippen molar-refractivity contribution in [3.8, 4) is 0 Å². The Morgan fingerprint density at radius 3 is 2.57 bits per heavy atom. The summed E-state index contributed by atoms with van der Waals surface area (Å²) >= 11 is 6.10. The second-order valence-electron chi connectivity index (χ2n) is 7.08. The molecule has 1 aliphatic heterocycles. The third kappa shape index (κ3) is 5.01. The van der Waals surface area contributed by atoms with E-state index in [1.54, 1.807) is 12.1 Å². The molecule has 3 rings (SSSR count). The van der Waals surface area contributed by atoms with E-state index in [1.807, 2.05) is 38.2 Å². The fourth-order valence-electron chi connectivity index (χ4n) is 3.18. The third-order valence-electron chi connectivity index (χ3n) is 5.16. The topological polar surface area (TPSA) is 46.0 Å². The predicted octanol–water partition coefficient (Wildman–Crippen LogP) is 2.36. The van der Waals surface area contributed by atoms with Crippen LogP contribution >= 0.6 is 11.6 Å². The molecule has 2 atom stereocenters. The van der Waals surface area contributed by atoms with E-state index in [4.69, 9.17) is 16.3 Å². The number of ether oxygens (including phenoxy) is 1. The maximum atomic E-state index is 14.0. The number of anilines is 2. The Labute approximate surface area is 170 Å². The number of carbonyl (C=O) groups excluding carboxylic acids is 1. The van der Waals surface area contributed by atoms with Gasteiger partial charge >= 0.3 is 0 Å². The highest BCUT2D eigenvalue weighted by Crippen LogP contribution is 2.19. The lowest BCUT2D eigenvalue weighted by molar-refractivity contribution is -0.908. The summed E-state index contributed by atoms with van der Waals surface area (Å²) in [6, 6.07) is 12.1. The molecule has 2 aromatic carbocycles. The van der Waals surface area contributed by atoms with Gasteiger partial charge in [0, 0.05) is 24.5 Å². The number of amides is 1. The first-order valence-electron chi connectivity index (χ1n) is 9.44. The lowest BCUT2D eigenvalue weighted by Gasteiger charge is -2.29. The summed E-state index contributed by atoms with van der Waals surface area (Å²) in [6.45, 7) is 5.36. The van der Waals surface area contributed by atoms with Crippen LogP contribution in [0.1, 0.15) is 12.5 Å². The number of benzene rings is 2. The number of likely N-dealkylation sites (N-methyl/N-ethyl adjacent to an activating group) is 1. The zero-order valence-electron chi connectivity index (χ0n) is 16.2. The summed E-state index contributed by atoms with van der Waals surface area (Å²) in [5.74, 6) is -0.470. The molecule has 1 heterocycles. The first-order chi connectivity index (χ1) is 13.5. The van der Waals surface area contributed by atoms with Crippen molar-refractivity contribution in [1.29, 1.82) is 0 Å². The van der Waals surface area contributed by atoms with Gasteiger partial charge in [-0.2, -0.15) is 0 Å². The number of morpholine rings is 1. The van der Waals surface area contributed by atoms with Crippen LogP contribution in [0.15, 0.2) is 42.5 Å². The Balaban J connectivity index is 1.58. The fraction of sp³-hybridized carbons (Fsp3) is 0.381. The molecule has 28 heavy (non-hydrogen) atoms. The highest BCUT2D eigenvalue weighted by Gasteiger charge is 2.24. The lowest BCUT2D eigenvalue weighted by atomic mass is 10.1. The molecule has 7 heteroatoms.